The summed E-state index contributed by atoms with van der Waals surface area (Å²) in [5.74, 6) is -0.492. The fourth-order valence-electron chi connectivity index (χ4n) is 3.62. The van der Waals surface area contributed by atoms with Gasteiger partial charge in [-0.1, -0.05) is 25.4 Å². The number of benzene rings is 2. The summed E-state index contributed by atoms with van der Waals surface area (Å²) in [6.45, 7) is 5.01. The molecule has 192 valence electrons. The Morgan fingerprint density at radius 3 is 2.29 bits per heavy atom. The van der Waals surface area contributed by atoms with Crippen molar-refractivity contribution < 1.29 is 31.1 Å². The molecule has 0 saturated carbocycles. The Labute approximate surface area is 210 Å². The number of ether oxygens (including phenoxy) is 2. The minimum Gasteiger partial charge on any atom is -0.495 e. The van der Waals surface area contributed by atoms with Crippen LogP contribution in [0.15, 0.2) is 46.2 Å². The minimum absolute atomic E-state index is 0.0283. The van der Waals surface area contributed by atoms with Crippen molar-refractivity contribution >= 4 is 43.2 Å². The molecular formula is C22H28ClN3O7S2. The van der Waals surface area contributed by atoms with Crippen molar-refractivity contribution in [2.75, 3.05) is 51.8 Å². The summed E-state index contributed by atoms with van der Waals surface area (Å²) in [4.78, 5) is 13.0. The van der Waals surface area contributed by atoms with E-state index in [4.69, 9.17) is 21.1 Å². The Bertz CT molecular complexity index is 1290. The van der Waals surface area contributed by atoms with Gasteiger partial charge < -0.3 is 14.8 Å². The molecular weight excluding hydrogens is 518 g/mol. The Kier molecular flexibility index (Phi) is 8.78. The van der Waals surface area contributed by atoms with Crippen LogP contribution in [0.4, 0.5) is 5.69 Å². The van der Waals surface area contributed by atoms with E-state index >= 15 is 0 Å². The predicted molar refractivity (Wildman–Crippen MR) is 132 cm³/mol. The lowest BCUT2D eigenvalue weighted by Crippen LogP contribution is -2.40. The lowest BCUT2D eigenvalue weighted by molar-refractivity contribution is 0.0730. The number of anilines is 1. The number of carbonyl (C=O) groups excluding carboxylic acids is 1. The van der Waals surface area contributed by atoms with Crippen LogP contribution in [-0.2, 0) is 24.8 Å². The quantitative estimate of drug-likeness (QED) is 0.514. The van der Waals surface area contributed by atoms with E-state index in [2.05, 4.69) is 5.32 Å². The molecule has 1 saturated heterocycles. The summed E-state index contributed by atoms with van der Waals surface area (Å²) in [7, 11) is -6.27. The van der Waals surface area contributed by atoms with Crippen molar-refractivity contribution in [3.05, 3.63) is 47.0 Å². The second-order valence-electron chi connectivity index (χ2n) is 7.56. The van der Waals surface area contributed by atoms with Crippen LogP contribution in [0.2, 0.25) is 5.02 Å². The summed E-state index contributed by atoms with van der Waals surface area (Å²) < 4.78 is 65.0. The zero-order valence-electron chi connectivity index (χ0n) is 19.7. The number of sulfonamides is 2. The molecule has 2 aromatic carbocycles. The topological polar surface area (TPSA) is 122 Å². The van der Waals surface area contributed by atoms with Crippen LogP contribution in [-0.4, -0.2) is 77.9 Å². The van der Waals surface area contributed by atoms with Crippen molar-refractivity contribution in [2.24, 2.45) is 0 Å². The molecule has 0 bridgehead atoms. The van der Waals surface area contributed by atoms with Gasteiger partial charge in [-0.15, -0.1) is 0 Å². The van der Waals surface area contributed by atoms with Gasteiger partial charge in [0.1, 0.15) is 5.75 Å². The van der Waals surface area contributed by atoms with Gasteiger partial charge in [-0.05, 0) is 36.4 Å². The molecule has 1 heterocycles. The fraction of sp³-hybridized carbons (Fsp3) is 0.409. The number of hydrogen-bond donors (Lipinski definition) is 1. The van der Waals surface area contributed by atoms with Crippen molar-refractivity contribution in [3.8, 4) is 5.75 Å². The van der Waals surface area contributed by atoms with Crippen molar-refractivity contribution in [1.82, 2.24) is 8.61 Å². The number of nitrogens with one attached hydrogen (secondary N) is 1. The first kappa shape index (κ1) is 27.4. The molecule has 0 radical (unpaired) electrons. The maximum absolute atomic E-state index is 13.1. The van der Waals surface area contributed by atoms with E-state index < -0.39 is 26.0 Å². The van der Waals surface area contributed by atoms with Gasteiger partial charge in [-0.3, -0.25) is 4.79 Å². The van der Waals surface area contributed by atoms with Crippen molar-refractivity contribution in [2.45, 2.75) is 23.6 Å². The molecule has 1 N–H and O–H groups in total. The number of morpholine rings is 1. The number of amides is 1. The minimum atomic E-state index is -3.82. The molecule has 1 fully saturated rings. The summed E-state index contributed by atoms with van der Waals surface area (Å²) in [6.07, 6.45) is 0. The monoisotopic (exact) mass is 545 g/mol. The summed E-state index contributed by atoms with van der Waals surface area (Å²) in [5, 5.41) is 2.64. The zero-order chi connectivity index (χ0) is 25.8. The van der Waals surface area contributed by atoms with Crippen LogP contribution in [0.1, 0.15) is 24.2 Å². The van der Waals surface area contributed by atoms with E-state index in [1.54, 1.807) is 13.8 Å². The van der Waals surface area contributed by atoms with Crippen LogP contribution >= 0.6 is 11.6 Å². The molecule has 3 rings (SSSR count). The normalized spacial score (nSPS) is 15.2. The molecule has 0 unspecified atom stereocenters. The molecule has 0 spiro atoms. The van der Waals surface area contributed by atoms with E-state index in [-0.39, 0.29) is 58.0 Å². The fourth-order valence-corrected chi connectivity index (χ4v) is 6.75. The number of rotatable bonds is 9. The first-order chi connectivity index (χ1) is 16.6. The summed E-state index contributed by atoms with van der Waals surface area (Å²) >= 11 is 6.22. The Morgan fingerprint density at radius 2 is 1.69 bits per heavy atom. The van der Waals surface area contributed by atoms with Crippen LogP contribution in [0.5, 0.6) is 5.75 Å². The van der Waals surface area contributed by atoms with Crippen LogP contribution < -0.4 is 10.1 Å². The molecule has 0 aliphatic carbocycles. The molecule has 1 aliphatic heterocycles. The third-order valence-corrected chi connectivity index (χ3v) is 9.82. The number of hydrogen-bond acceptors (Lipinski definition) is 7. The molecule has 35 heavy (non-hydrogen) atoms. The average Bonchev–Trinajstić information content (AvgIpc) is 2.85. The van der Waals surface area contributed by atoms with Gasteiger partial charge in [0.25, 0.3) is 5.91 Å². The average molecular weight is 546 g/mol. The van der Waals surface area contributed by atoms with Gasteiger partial charge in [0.05, 0.1) is 46.4 Å². The number of halogens is 1. The first-order valence-electron chi connectivity index (χ1n) is 10.9. The van der Waals surface area contributed by atoms with Gasteiger partial charge in [-0.2, -0.15) is 8.61 Å². The van der Waals surface area contributed by atoms with Gasteiger partial charge in [-0.25, -0.2) is 16.8 Å². The second-order valence-corrected chi connectivity index (χ2v) is 11.8. The molecule has 10 nitrogen and oxygen atoms in total. The third-order valence-electron chi connectivity index (χ3n) is 5.55. The highest BCUT2D eigenvalue weighted by Gasteiger charge is 2.28. The first-order valence-corrected chi connectivity index (χ1v) is 14.2. The van der Waals surface area contributed by atoms with Crippen LogP contribution in [0.3, 0.4) is 0 Å². The van der Waals surface area contributed by atoms with Gasteiger partial charge in [0.2, 0.25) is 20.0 Å². The number of carbonyl (C=O) groups is 1. The van der Waals surface area contributed by atoms with Gasteiger partial charge >= 0.3 is 0 Å². The highest BCUT2D eigenvalue weighted by Crippen LogP contribution is 2.31. The Hall–Kier alpha value is -2.22. The number of methoxy groups -OCH3 is 1. The largest absolute Gasteiger partial charge is 0.495 e. The maximum atomic E-state index is 13.1. The Morgan fingerprint density at radius 1 is 1.06 bits per heavy atom. The van der Waals surface area contributed by atoms with E-state index in [0.717, 1.165) is 0 Å². The summed E-state index contributed by atoms with van der Waals surface area (Å²) in [5.41, 5.74) is 0.0169. The van der Waals surface area contributed by atoms with Crippen molar-refractivity contribution in [1.29, 1.82) is 0 Å². The van der Waals surface area contributed by atoms with E-state index in [0.29, 0.717) is 13.2 Å². The lowest BCUT2D eigenvalue weighted by atomic mass is 10.2. The zero-order valence-corrected chi connectivity index (χ0v) is 22.0. The predicted octanol–water partition coefficient (Wildman–Crippen LogP) is 2.65. The number of nitrogens with zero attached hydrogens (tertiary/aromatic N) is 2. The molecule has 1 amide bonds. The van der Waals surface area contributed by atoms with Crippen LogP contribution in [0.25, 0.3) is 0 Å². The SMILES string of the molecule is CCN(CC)S(=O)(=O)c1ccc(Cl)c(C(=O)Nc2cc(S(=O)(=O)N3CCOCC3)ccc2OC)c1. The van der Waals surface area contributed by atoms with Crippen LogP contribution in [0, 0.1) is 0 Å². The molecule has 1 aliphatic rings. The van der Waals surface area contributed by atoms with Gasteiger partial charge in [0.15, 0.2) is 0 Å². The second kappa shape index (κ2) is 11.2. The van der Waals surface area contributed by atoms with E-state index in [1.165, 1.54) is 52.1 Å². The van der Waals surface area contributed by atoms with Crippen molar-refractivity contribution in [3.63, 3.8) is 0 Å². The smallest absolute Gasteiger partial charge is 0.257 e. The standard InChI is InChI=1S/C22H28ClN3O7S2/c1-4-25(5-2)34(28,29)16-6-8-19(23)18(14-16)22(27)24-20-15-17(7-9-21(20)32-3)35(30,31)26-10-12-33-13-11-26/h6-9,14-15H,4-5,10-13H2,1-3H3,(H,24,27). The molecule has 13 heteroatoms. The van der Waals surface area contributed by atoms with Gasteiger partial charge in [0, 0.05) is 26.2 Å². The third kappa shape index (κ3) is 5.79. The van der Waals surface area contributed by atoms with E-state index in [1.807, 2.05) is 0 Å². The molecule has 0 atom stereocenters. The molecule has 0 aromatic heterocycles. The molecule has 2 aromatic rings. The summed E-state index contributed by atoms with van der Waals surface area (Å²) in [6, 6.07) is 8.00. The van der Waals surface area contributed by atoms with E-state index in [9.17, 15) is 21.6 Å². The highest BCUT2D eigenvalue weighted by atomic mass is 35.5. The Balaban J connectivity index is 1.96. The lowest BCUT2D eigenvalue weighted by Gasteiger charge is -2.26. The maximum Gasteiger partial charge on any atom is 0.257 e. The highest BCUT2D eigenvalue weighted by molar-refractivity contribution is 7.89.